The normalized spacial score (nSPS) is 49.0. The Bertz CT molecular complexity index is 592. The number of hydrogen-bond acceptors (Lipinski definition) is 3. The van der Waals surface area contributed by atoms with Crippen LogP contribution in [0.5, 0.6) is 0 Å². The molecule has 0 radical (unpaired) electrons. The summed E-state index contributed by atoms with van der Waals surface area (Å²) in [5.41, 5.74) is 0.425. The second-order valence-corrected chi connectivity index (χ2v) is 9.70. The predicted octanol–water partition coefficient (Wildman–Crippen LogP) is 4.24. The quantitative estimate of drug-likeness (QED) is 0.577. The Morgan fingerprint density at radius 3 is 2.58 bits per heavy atom. The van der Waals surface area contributed by atoms with E-state index in [9.17, 15) is 9.90 Å². The van der Waals surface area contributed by atoms with E-state index in [1.54, 1.807) is 0 Å². The minimum atomic E-state index is -0.670. The molecule has 1 N–H and O–H groups in total. The molecule has 4 aliphatic carbocycles. The molecule has 0 saturated heterocycles. The van der Waals surface area contributed by atoms with Crippen molar-refractivity contribution in [3.8, 4) is 0 Å². The Hall–Kier alpha value is -0.830. The van der Waals surface area contributed by atoms with E-state index in [-0.39, 0.29) is 28.8 Å². The van der Waals surface area contributed by atoms with E-state index in [2.05, 4.69) is 26.8 Å². The lowest BCUT2D eigenvalue weighted by Crippen LogP contribution is -2.73. The average molecular weight is 332 g/mol. The molecule has 0 bridgehead atoms. The molecule has 0 aromatic heterocycles. The van der Waals surface area contributed by atoms with E-state index in [0.717, 1.165) is 25.7 Å². The van der Waals surface area contributed by atoms with Gasteiger partial charge in [-0.1, -0.05) is 40.0 Å². The lowest BCUT2D eigenvalue weighted by atomic mass is 9.36. The van der Waals surface area contributed by atoms with Crippen molar-refractivity contribution < 1.29 is 14.6 Å². The first-order valence-corrected chi connectivity index (χ1v) is 9.83. The van der Waals surface area contributed by atoms with Gasteiger partial charge in [0.05, 0.1) is 5.60 Å². The van der Waals surface area contributed by atoms with Gasteiger partial charge in [0.15, 0.2) is 0 Å². The third kappa shape index (κ3) is 1.91. The average Bonchev–Trinajstić information content (AvgIpc) is 2.49. The number of aliphatic hydroxyl groups is 1. The van der Waals surface area contributed by atoms with Crippen molar-refractivity contribution in [2.45, 2.75) is 84.3 Å². The van der Waals surface area contributed by atoms with Gasteiger partial charge in [0.2, 0.25) is 0 Å². The zero-order chi connectivity index (χ0) is 17.3. The molecule has 4 rings (SSSR count). The molecule has 3 nitrogen and oxygen atoms in total. The first kappa shape index (κ1) is 16.6. The van der Waals surface area contributed by atoms with Crippen LogP contribution < -0.4 is 0 Å². The van der Waals surface area contributed by atoms with Crippen molar-refractivity contribution in [1.82, 2.24) is 0 Å². The fraction of sp³-hybridized carbons (Fsp3) is 0.857. The van der Waals surface area contributed by atoms with Gasteiger partial charge < -0.3 is 9.84 Å². The standard InChI is InChI=1S/C21H32O3/c1-13(22)24-17-12-16-14-8-5-6-9-15(14)21(16,23)20(4)11-7-10-19(2,3)18(17)20/h12,14-15,17-18,23H,5-11H2,1-4H3/t14?,15?,17-,18?,20+,21+/m1/s1. The number of carbonyl (C=O) groups excluding carboxylic acids is 1. The molecule has 24 heavy (non-hydrogen) atoms. The molecule has 3 heteroatoms. The summed E-state index contributed by atoms with van der Waals surface area (Å²) in [4.78, 5) is 11.8. The van der Waals surface area contributed by atoms with Crippen molar-refractivity contribution >= 4 is 5.97 Å². The van der Waals surface area contributed by atoms with Crippen LogP contribution in [-0.4, -0.2) is 22.8 Å². The molecule has 4 aliphatic rings. The molecule has 0 aromatic carbocycles. The van der Waals surface area contributed by atoms with Crippen molar-refractivity contribution in [1.29, 1.82) is 0 Å². The maximum absolute atomic E-state index is 12.0. The molecule has 3 saturated carbocycles. The van der Waals surface area contributed by atoms with Gasteiger partial charge in [-0.25, -0.2) is 0 Å². The van der Waals surface area contributed by atoms with Crippen molar-refractivity contribution in [2.24, 2.45) is 28.6 Å². The summed E-state index contributed by atoms with van der Waals surface area (Å²) in [6.07, 6.45) is 10.2. The van der Waals surface area contributed by atoms with Gasteiger partial charge in [-0.2, -0.15) is 0 Å². The van der Waals surface area contributed by atoms with Crippen LogP contribution in [0, 0.1) is 28.6 Å². The fourth-order valence-electron chi connectivity index (χ4n) is 7.29. The van der Waals surface area contributed by atoms with Gasteiger partial charge in [-0.15, -0.1) is 0 Å². The summed E-state index contributed by atoms with van der Waals surface area (Å²) in [6.45, 7) is 8.39. The smallest absolute Gasteiger partial charge is 0.303 e. The van der Waals surface area contributed by atoms with Gasteiger partial charge in [0, 0.05) is 18.3 Å². The van der Waals surface area contributed by atoms with Crippen LogP contribution in [0.1, 0.15) is 72.6 Å². The number of fused-ring (bicyclic) bond motifs is 6. The third-order valence-corrected chi connectivity index (χ3v) is 8.03. The molecule has 6 atom stereocenters. The van der Waals surface area contributed by atoms with Gasteiger partial charge in [-0.3, -0.25) is 4.79 Å². The van der Waals surface area contributed by atoms with Crippen LogP contribution in [0.15, 0.2) is 11.6 Å². The predicted molar refractivity (Wildman–Crippen MR) is 93.3 cm³/mol. The van der Waals surface area contributed by atoms with Gasteiger partial charge in [-0.05, 0) is 54.6 Å². The first-order chi connectivity index (χ1) is 11.2. The summed E-state index contributed by atoms with van der Waals surface area (Å²) in [6, 6.07) is 0. The van der Waals surface area contributed by atoms with E-state index in [1.165, 1.54) is 31.8 Å². The van der Waals surface area contributed by atoms with Crippen molar-refractivity contribution in [3.63, 3.8) is 0 Å². The molecule has 0 spiro atoms. The Morgan fingerprint density at radius 2 is 1.88 bits per heavy atom. The van der Waals surface area contributed by atoms with Crippen LogP contribution in [-0.2, 0) is 9.53 Å². The number of ether oxygens (including phenoxy) is 1. The Morgan fingerprint density at radius 1 is 1.17 bits per heavy atom. The highest BCUT2D eigenvalue weighted by Gasteiger charge is 2.72. The topological polar surface area (TPSA) is 46.5 Å². The Labute approximate surface area is 145 Å². The maximum atomic E-state index is 12.0. The van der Waals surface area contributed by atoms with Crippen LogP contribution in [0.2, 0.25) is 0 Å². The van der Waals surface area contributed by atoms with E-state index in [4.69, 9.17) is 4.74 Å². The summed E-state index contributed by atoms with van der Waals surface area (Å²) >= 11 is 0. The molecule has 0 heterocycles. The zero-order valence-electron chi connectivity index (χ0n) is 15.6. The molecule has 0 aromatic rings. The maximum Gasteiger partial charge on any atom is 0.303 e. The molecule has 0 amide bonds. The largest absolute Gasteiger partial charge is 0.458 e. The van der Waals surface area contributed by atoms with E-state index >= 15 is 0 Å². The summed E-state index contributed by atoms with van der Waals surface area (Å²) < 4.78 is 5.81. The Kier molecular flexibility index (Phi) is 3.53. The van der Waals surface area contributed by atoms with Crippen LogP contribution >= 0.6 is 0 Å². The summed E-state index contributed by atoms with van der Waals surface area (Å²) in [7, 11) is 0. The fourth-order valence-corrected chi connectivity index (χ4v) is 7.29. The van der Waals surface area contributed by atoms with Gasteiger partial charge >= 0.3 is 5.97 Å². The third-order valence-electron chi connectivity index (χ3n) is 8.03. The second kappa shape index (κ2) is 5.09. The lowest BCUT2D eigenvalue weighted by Gasteiger charge is -2.71. The molecule has 134 valence electrons. The highest BCUT2D eigenvalue weighted by atomic mass is 16.5. The van der Waals surface area contributed by atoms with Crippen LogP contribution in [0.25, 0.3) is 0 Å². The van der Waals surface area contributed by atoms with E-state index in [1.807, 2.05) is 0 Å². The molecule has 0 aliphatic heterocycles. The number of rotatable bonds is 1. The number of carbonyl (C=O) groups is 1. The minimum absolute atomic E-state index is 0.0740. The monoisotopic (exact) mass is 332 g/mol. The SMILES string of the molecule is CC(=O)O[C@@H]1C=C2C3CCCCC3[C@@]2(O)[C@@]2(C)CCCC(C)(C)C12. The molecule has 3 unspecified atom stereocenters. The first-order valence-electron chi connectivity index (χ1n) is 9.83. The minimum Gasteiger partial charge on any atom is -0.458 e. The molecular weight excluding hydrogens is 300 g/mol. The van der Waals surface area contributed by atoms with E-state index in [0.29, 0.717) is 11.8 Å². The van der Waals surface area contributed by atoms with E-state index < -0.39 is 5.60 Å². The van der Waals surface area contributed by atoms with Crippen molar-refractivity contribution in [3.05, 3.63) is 11.6 Å². The highest BCUT2D eigenvalue weighted by molar-refractivity contribution is 5.66. The number of hydrogen-bond donors (Lipinski definition) is 1. The number of esters is 1. The molecule has 3 fully saturated rings. The summed E-state index contributed by atoms with van der Waals surface area (Å²) in [5, 5.41) is 12.0. The molecular formula is C21H32O3. The van der Waals surface area contributed by atoms with Gasteiger partial charge in [0.25, 0.3) is 0 Å². The highest BCUT2D eigenvalue weighted by Crippen LogP contribution is 2.71. The summed E-state index contributed by atoms with van der Waals surface area (Å²) in [5.74, 6) is 0.923. The second-order valence-electron chi connectivity index (χ2n) is 9.70. The lowest BCUT2D eigenvalue weighted by molar-refractivity contribution is -0.244. The van der Waals surface area contributed by atoms with Crippen LogP contribution in [0.4, 0.5) is 0 Å². The zero-order valence-corrected chi connectivity index (χ0v) is 15.6. The Balaban J connectivity index is 1.84. The van der Waals surface area contributed by atoms with Crippen LogP contribution in [0.3, 0.4) is 0 Å². The van der Waals surface area contributed by atoms with Crippen molar-refractivity contribution in [2.75, 3.05) is 0 Å². The van der Waals surface area contributed by atoms with Gasteiger partial charge in [0.1, 0.15) is 6.10 Å².